The standard InChI is InChI=1S/C15H24N2O/c1-10-12(9-17(3)4)14(18)6-5-13(10)15(7-8-15)11(2)16/h5-6,11,18H,7-9,16H2,1-4H3. The molecule has 100 valence electrons. The second kappa shape index (κ2) is 4.56. The molecule has 0 aromatic heterocycles. The molecule has 0 amide bonds. The Kier molecular flexibility index (Phi) is 3.39. The molecule has 0 bridgehead atoms. The third-order valence-electron chi connectivity index (χ3n) is 4.24. The van der Waals surface area contributed by atoms with E-state index in [0.717, 1.165) is 24.9 Å². The largest absolute Gasteiger partial charge is 0.508 e. The molecule has 0 saturated heterocycles. The first-order valence-electron chi connectivity index (χ1n) is 6.60. The van der Waals surface area contributed by atoms with E-state index in [9.17, 15) is 5.11 Å². The van der Waals surface area contributed by atoms with E-state index in [4.69, 9.17) is 5.73 Å². The minimum Gasteiger partial charge on any atom is -0.508 e. The van der Waals surface area contributed by atoms with E-state index in [2.05, 4.69) is 24.8 Å². The van der Waals surface area contributed by atoms with E-state index in [-0.39, 0.29) is 11.5 Å². The first kappa shape index (κ1) is 13.4. The molecule has 18 heavy (non-hydrogen) atoms. The van der Waals surface area contributed by atoms with Gasteiger partial charge in [-0.3, -0.25) is 0 Å². The summed E-state index contributed by atoms with van der Waals surface area (Å²) in [4.78, 5) is 2.08. The highest BCUT2D eigenvalue weighted by Gasteiger charge is 2.48. The summed E-state index contributed by atoms with van der Waals surface area (Å²) in [6.45, 7) is 4.96. The van der Waals surface area contributed by atoms with Gasteiger partial charge in [0.05, 0.1) is 0 Å². The van der Waals surface area contributed by atoms with Crippen LogP contribution in [0.5, 0.6) is 5.75 Å². The Morgan fingerprint density at radius 2 is 2.00 bits per heavy atom. The topological polar surface area (TPSA) is 49.5 Å². The van der Waals surface area contributed by atoms with Crippen LogP contribution < -0.4 is 5.73 Å². The molecular formula is C15H24N2O. The zero-order valence-electron chi connectivity index (χ0n) is 11.8. The molecule has 1 aliphatic carbocycles. The van der Waals surface area contributed by atoms with Crippen molar-refractivity contribution in [2.45, 2.75) is 44.7 Å². The average molecular weight is 248 g/mol. The molecule has 1 saturated carbocycles. The number of nitrogens with two attached hydrogens (primary N) is 1. The highest BCUT2D eigenvalue weighted by atomic mass is 16.3. The zero-order chi connectivity index (χ0) is 13.5. The lowest BCUT2D eigenvalue weighted by atomic mass is 9.84. The Morgan fingerprint density at radius 3 is 2.44 bits per heavy atom. The zero-order valence-corrected chi connectivity index (χ0v) is 11.8. The third kappa shape index (κ3) is 2.13. The molecule has 3 nitrogen and oxygen atoms in total. The van der Waals surface area contributed by atoms with Crippen LogP contribution in [0.3, 0.4) is 0 Å². The van der Waals surface area contributed by atoms with E-state index in [1.165, 1.54) is 11.1 Å². The maximum atomic E-state index is 10.0. The Hall–Kier alpha value is -1.06. The average Bonchev–Trinajstić information content (AvgIpc) is 3.05. The van der Waals surface area contributed by atoms with Crippen LogP contribution in [-0.2, 0) is 12.0 Å². The second-order valence-electron chi connectivity index (χ2n) is 5.92. The van der Waals surface area contributed by atoms with Crippen molar-refractivity contribution in [1.82, 2.24) is 4.90 Å². The number of benzene rings is 1. The monoisotopic (exact) mass is 248 g/mol. The number of phenolic OH excluding ortho intramolecular Hbond substituents is 1. The van der Waals surface area contributed by atoms with E-state index in [1.807, 2.05) is 20.2 Å². The number of nitrogens with zero attached hydrogens (tertiary/aromatic N) is 1. The van der Waals surface area contributed by atoms with Gasteiger partial charge >= 0.3 is 0 Å². The predicted octanol–water partition coefficient (Wildman–Crippen LogP) is 2.14. The second-order valence-corrected chi connectivity index (χ2v) is 5.92. The normalized spacial score (nSPS) is 19.0. The molecule has 1 atom stereocenters. The molecule has 1 aliphatic rings. The van der Waals surface area contributed by atoms with Gasteiger partial charge in [-0.2, -0.15) is 0 Å². The van der Waals surface area contributed by atoms with Gasteiger partial charge < -0.3 is 15.7 Å². The van der Waals surface area contributed by atoms with Crippen molar-refractivity contribution < 1.29 is 5.11 Å². The van der Waals surface area contributed by atoms with Crippen LogP contribution in [0.15, 0.2) is 12.1 Å². The van der Waals surface area contributed by atoms with Gasteiger partial charge in [0.15, 0.2) is 0 Å². The fraction of sp³-hybridized carbons (Fsp3) is 0.600. The summed E-state index contributed by atoms with van der Waals surface area (Å²) >= 11 is 0. The molecule has 0 spiro atoms. The van der Waals surface area contributed by atoms with Crippen LogP contribution in [-0.4, -0.2) is 30.1 Å². The van der Waals surface area contributed by atoms with Gasteiger partial charge in [0.2, 0.25) is 0 Å². The Balaban J connectivity index is 2.45. The van der Waals surface area contributed by atoms with Crippen molar-refractivity contribution in [3.05, 3.63) is 28.8 Å². The summed E-state index contributed by atoms with van der Waals surface area (Å²) in [5, 5.41) is 10.0. The number of phenols is 1. The Labute approximate surface area is 110 Å². The lowest BCUT2D eigenvalue weighted by molar-refractivity contribution is 0.383. The van der Waals surface area contributed by atoms with Crippen molar-refractivity contribution in [3.63, 3.8) is 0 Å². The maximum absolute atomic E-state index is 10.0. The maximum Gasteiger partial charge on any atom is 0.120 e. The van der Waals surface area contributed by atoms with Crippen LogP contribution in [0.2, 0.25) is 0 Å². The lowest BCUT2D eigenvalue weighted by Crippen LogP contribution is -2.32. The van der Waals surface area contributed by atoms with Gasteiger partial charge in [0.25, 0.3) is 0 Å². The molecule has 1 fully saturated rings. The highest BCUT2D eigenvalue weighted by molar-refractivity contribution is 5.49. The first-order chi connectivity index (χ1) is 8.38. The Bertz CT molecular complexity index is 448. The van der Waals surface area contributed by atoms with E-state index >= 15 is 0 Å². The molecule has 1 aromatic carbocycles. The first-order valence-corrected chi connectivity index (χ1v) is 6.60. The SMILES string of the molecule is Cc1c(C2(C(C)N)CC2)ccc(O)c1CN(C)C. The van der Waals surface area contributed by atoms with Gasteiger partial charge in [-0.15, -0.1) is 0 Å². The fourth-order valence-corrected chi connectivity index (χ4v) is 2.90. The van der Waals surface area contributed by atoms with E-state index in [1.54, 1.807) is 0 Å². The van der Waals surface area contributed by atoms with Crippen molar-refractivity contribution in [1.29, 1.82) is 0 Å². The molecule has 3 heteroatoms. The van der Waals surface area contributed by atoms with Crippen LogP contribution in [0, 0.1) is 6.92 Å². The van der Waals surface area contributed by atoms with Gasteiger partial charge in [0.1, 0.15) is 5.75 Å². The summed E-state index contributed by atoms with van der Waals surface area (Å²) in [6, 6.07) is 4.05. The summed E-state index contributed by atoms with van der Waals surface area (Å²) in [5.41, 5.74) is 9.87. The molecule has 2 rings (SSSR count). The molecule has 0 heterocycles. The summed E-state index contributed by atoms with van der Waals surface area (Å²) in [5.74, 6) is 0.394. The molecule has 3 N–H and O–H groups in total. The number of hydrogen-bond acceptors (Lipinski definition) is 3. The van der Waals surface area contributed by atoms with Gasteiger partial charge in [-0.25, -0.2) is 0 Å². The van der Waals surface area contributed by atoms with Crippen molar-refractivity contribution in [2.75, 3.05) is 14.1 Å². The van der Waals surface area contributed by atoms with E-state index in [0.29, 0.717) is 5.75 Å². The van der Waals surface area contributed by atoms with Gasteiger partial charge in [-0.1, -0.05) is 6.07 Å². The van der Waals surface area contributed by atoms with Crippen LogP contribution in [0.1, 0.15) is 36.5 Å². The van der Waals surface area contributed by atoms with Crippen LogP contribution in [0.4, 0.5) is 0 Å². The molecule has 1 aromatic rings. The minimum atomic E-state index is 0.152. The van der Waals surface area contributed by atoms with Crippen molar-refractivity contribution in [3.8, 4) is 5.75 Å². The molecule has 0 radical (unpaired) electrons. The number of rotatable bonds is 4. The molecular weight excluding hydrogens is 224 g/mol. The predicted molar refractivity (Wildman–Crippen MR) is 74.8 cm³/mol. The quantitative estimate of drug-likeness (QED) is 0.858. The minimum absolute atomic E-state index is 0.152. The molecule has 0 aliphatic heterocycles. The highest BCUT2D eigenvalue weighted by Crippen LogP contribution is 2.52. The van der Waals surface area contributed by atoms with Crippen molar-refractivity contribution >= 4 is 0 Å². The van der Waals surface area contributed by atoms with Gasteiger partial charge in [-0.05, 0) is 58.0 Å². The Morgan fingerprint density at radius 1 is 1.39 bits per heavy atom. The van der Waals surface area contributed by atoms with Crippen LogP contribution >= 0.6 is 0 Å². The van der Waals surface area contributed by atoms with E-state index < -0.39 is 0 Å². The summed E-state index contributed by atoms with van der Waals surface area (Å²) in [6.07, 6.45) is 2.33. The van der Waals surface area contributed by atoms with Crippen LogP contribution in [0.25, 0.3) is 0 Å². The van der Waals surface area contributed by atoms with Gasteiger partial charge in [0, 0.05) is 23.6 Å². The molecule has 1 unspecified atom stereocenters. The number of hydrogen-bond donors (Lipinski definition) is 2. The smallest absolute Gasteiger partial charge is 0.120 e. The fourth-order valence-electron chi connectivity index (χ4n) is 2.90. The summed E-state index contributed by atoms with van der Waals surface area (Å²) < 4.78 is 0. The summed E-state index contributed by atoms with van der Waals surface area (Å²) in [7, 11) is 4.04. The van der Waals surface area contributed by atoms with Crippen molar-refractivity contribution in [2.24, 2.45) is 5.73 Å². The third-order valence-corrected chi connectivity index (χ3v) is 4.24. The number of aromatic hydroxyl groups is 1. The lowest BCUT2D eigenvalue weighted by Gasteiger charge is -2.25.